The van der Waals surface area contributed by atoms with Crippen molar-refractivity contribution in [2.24, 2.45) is 16.5 Å². The standard InChI is InChI=1S/C8H10N3.C3H7.Sn/c9-5-7-2-1-3-8(4-7)11-6-10;1-3-2;/h1-4H,5,9H2,(H2,10,11);1,3H2,2H3;/q;;+2. The van der Waals surface area contributed by atoms with E-state index >= 15 is 0 Å². The van der Waals surface area contributed by atoms with E-state index in [0.29, 0.717) is 6.54 Å². The Balaban J connectivity index is 2.69. The van der Waals surface area contributed by atoms with Crippen LogP contribution in [-0.2, 0) is 6.54 Å². The van der Waals surface area contributed by atoms with Gasteiger partial charge in [-0.1, -0.05) is 0 Å². The van der Waals surface area contributed by atoms with Crippen molar-refractivity contribution in [3.05, 3.63) is 29.8 Å². The molecule has 15 heavy (non-hydrogen) atoms. The zero-order valence-electron chi connectivity index (χ0n) is 9.03. The number of aliphatic imine (C=N–C) groups is 1. The van der Waals surface area contributed by atoms with Crippen molar-refractivity contribution in [3.8, 4) is 0 Å². The summed E-state index contributed by atoms with van der Waals surface area (Å²) in [6, 6.07) is 7.94. The first-order chi connectivity index (χ1) is 7.26. The van der Waals surface area contributed by atoms with E-state index < -0.39 is 21.1 Å². The maximum atomic E-state index is 5.88. The summed E-state index contributed by atoms with van der Waals surface area (Å²) < 4.78 is 2.13. The number of rotatable bonds is 5. The van der Waals surface area contributed by atoms with E-state index in [9.17, 15) is 0 Å². The quantitative estimate of drug-likeness (QED) is 0.493. The molecule has 4 N–H and O–H groups in total. The molecule has 0 aliphatic heterocycles. The second kappa shape index (κ2) is 6.85. The van der Waals surface area contributed by atoms with Crippen molar-refractivity contribution in [1.29, 1.82) is 0 Å². The van der Waals surface area contributed by atoms with Gasteiger partial charge in [-0.3, -0.25) is 0 Å². The molecule has 0 radical (unpaired) electrons. The fraction of sp³-hybridized carbons (Fsp3) is 0.364. The Labute approximate surface area is 101 Å². The van der Waals surface area contributed by atoms with Crippen molar-refractivity contribution in [2.45, 2.75) is 24.3 Å². The summed E-state index contributed by atoms with van der Waals surface area (Å²) in [6.45, 7) is 2.74. The van der Waals surface area contributed by atoms with Gasteiger partial charge in [0.15, 0.2) is 0 Å². The summed E-state index contributed by atoms with van der Waals surface area (Å²) in [4.78, 5) is 4.42. The molecule has 0 fully saturated rings. The molecule has 1 aromatic carbocycles. The zero-order valence-corrected chi connectivity index (χ0v) is 11.9. The minimum atomic E-state index is -0.598. The van der Waals surface area contributed by atoms with E-state index in [2.05, 4.69) is 11.9 Å². The van der Waals surface area contributed by atoms with Gasteiger partial charge in [-0.15, -0.1) is 0 Å². The molecular formula is C11H17N3Sn+2. The van der Waals surface area contributed by atoms with Gasteiger partial charge in [-0.05, 0) is 0 Å². The van der Waals surface area contributed by atoms with Crippen LogP contribution in [0.4, 0.5) is 5.69 Å². The topological polar surface area (TPSA) is 64.4 Å². The molecule has 0 unspecified atom stereocenters. The van der Waals surface area contributed by atoms with Crippen molar-refractivity contribution in [3.63, 3.8) is 0 Å². The van der Waals surface area contributed by atoms with E-state index in [1.165, 1.54) is 10.9 Å². The second-order valence-corrected chi connectivity index (χ2v) is 7.20. The SMILES string of the molecule is CC[CH2][Sn+2][C](N)=Nc1cccc(CN)c1. The van der Waals surface area contributed by atoms with Crippen LogP contribution in [0.1, 0.15) is 18.9 Å². The molecule has 0 saturated carbocycles. The van der Waals surface area contributed by atoms with Crippen LogP contribution in [0.5, 0.6) is 0 Å². The Hall–Kier alpha value is -0.551. The monoisotopic (exact) mass is 311 g/mol. The van der Waals surface area contributed by atoms with Crippen LogP contribution in [0.25, 0.3) is 0 Å². The number of hydrogen-bond donors (Lipinski definition) is 2. The Morgan fingerprint density at radius 2 is 2.27 bits per heavy atom. The van der Waals surface area contributed by atoms with Crippen LogP contribution in [0.3, 0.4) is 0 Å². The van der Waals surface area contributed by atoms with Crippen LogP contribution in [0, 0.1) is 0 Å². The first-order valence-corrected chi connectivity index (χ1v) is 8.57. The third-order valence-electron chi connectivity index (χ3n) is 1.95. The predicted octanol–water partition coefficient (Wildman–Crippen LogP) is 1.62. The van der Waals surface area contributed by atoms with E-state index in [1.54, 1.807) is 0 Å². The van der Waals surface area contributed by atoms with Crippen LogP contribution in [0.2, 0.25) is 4.44 Å². The van der Waals surface area contributed by atoms with E-state index in [-0.39, 0.29) is 0 Å². The molecule has 78 valence electrons. The summed E-state index contributed by atoms with van der Waals surface area (Å²) >= 11 is -0.598. The number of nitrogens with zero attached hydrogens (tertiary/aromatic N) is 1. The van der Waals surface area contributed by atoms with Crippen molar-refractivity contribution < 1.29 is 0 Å². The van der Waals surface area contributed by atoms with E-state index in [1.807, 2.05) is 24.3 Å². The zero-order chi connectivity index (χ0) is 11.1. The molecule has 1 aromatic rings. The van der Waals surface area contributed by atoms with Gasteiger partial charge in [-0.2, -0.15) is 0 Å². The molecule has 0 spiro atoms. The van der Waals surface area contributed by atoms with Crippen LogP contribution in [-0.4, -0.2) is 25.0 Å². The molecule has 0 aromatic heterocycles. The normalized spacial score (nSPS) is 11.2. The Bertz CT molecular complexity index is 336. The minimum absolute atomic E-state index is 0.554. The molecule has 0 aliphatic rings. The van der Waals surface area contributed by atoms with Gasteiger partial charge in [-0.25, -0.2) is 0 Å². The van der Waals surface area contributed by atoms with Gasteiger partial charge in [0.1, 0.15) is 0 Å². The van der Waals surface area contributed by atoms with Crippen molar-refractivity contribution in [1.82, 2.24) is 0 Å². The average Bonchev–Trinajstić information content (AvgIpc) is 2.26. The summed E-state index contributed by atoms with van der Waals surface area (Å²) in [6.07, 6.45) is 1.21. The Kier molecular flexibility index (Phi) is 5.71. The molecule has 4 heteroatoms. The molecule has 1 rings (SSSR count). The first kappa shape index (κ1) is 12.5. The number of nitrogens with two attached hydrogens (primary N) is 2. The third-order valence-corrected chi connectivity index (χ3v) is 5.45. The molecule has 3 nitrogen and oxygen atoms in total. The van der Waals surface area contributed by atoms with Crippen molar-refractivity contribution >= 4 is 30.7 Å². The maximum absolute atomic E-state index is 5.88. The summed E-state index contributed by atoms with van der Waals surface area (Å²) in [5.41, 5.74) is 13.5. The second-order valence-electron chi connectivity index (χ2n) is 3.30. The fourth-order valence-electron chi connectivity index (χ4n) is 1.18. The molecule has 0 saturated heterocycles. The first-order valence-electron chi connectivity index (χ1n) is 5.13. The van der Waals surface area contributed by atoms with Gasteiger partial charge in [0.05, 0.1) is 0 Å². The molecule has 0 amide bonds. The van der Waals surface area contributed by atoms with Gasteiger partial charge in [0, 0.05) is 0 Å². The van der Waals surface area contributed by atoms with Crippen molar-refractivity contribution in [2.75, 3.05) is 0 Å². The molecule has 0 aliphatic carbocycles. The van der Waals surface area contributed by atoms with Gasteiger partial charge in [0.2, 0.25) is 0 Å². The van der Waals surface area contributed by atoms with Gasteiger partial charge < -0.3 is 0 Å². The van der Waals surface area contributed by atoms with Gasteiger partial charge in [0.25, 0.3) is 0 Å². The summed E-state index contributed by atoms with van der Waals surface area (Å²) in [5.74, 6) is 0. The number of benzene rings is 1. The molecular weight excluding hydrogens is 293 g/mol. The van der Waals surface area contributed by atoms with Crippen LogP contribution in [0.15, 0.2) is 29.3 Å². The summed E-state index contributed by atoms with van der Waals surface area (Å²) in [7, 11) is 0. The molecule has 0 heterocycles. The number of hydrogen-bond acceptors (Lipinski definition) is 2. The third kappa shape index (κ3) is 4.66. The predicted molar refractivity (Wildman–Crippen MR) is 66.5 cm³/mol. The molecule has 0 atom stereocenters. The Morgan fingerprint density at radius 1 is 1.47 bits per heavy atom. The summed E-state index contributed by atoms with van der Waals surface area (Å²) in [5, 5.41) is 0. The molecule has 0 bridgehead atoms. The average molecular weight is 310 g/mol. The van der Waals surface area contributed by atoms with Crippen LogP contribution < -0.4 is 11.5 Å². The van der Waals surface area contributed by atoms with Gasteiger partial charge >= 0.3 is 101 Å². The van der Waals surface area contributed by atoms with E-state index in [0.717, 1.165) is 15.1 Å². The fourth-order valence-corrected chi connectivity index (χ4v) is 3.22. The number of amidine groups is 1. The van der Waals surface area contributed by atoms with E-state index in [4.69, 9.17) is 11.5 Å². The Morgan fingerprint density at radius 3 is 2.93 bits per heavy atom. The van der Waals surface area contributed by atoms with Crippen LogP contribution >= 0.6 is 0 Å².